The Morgan fingerprint density at radius 1 is 1.06 bits per heavy atom. The number of ether oxygens (including phenoxy) is 1. The first kappa shape index (κ1) is 11.4. The molecule has 1 aromatic carbocycles. The van der Waals surface area contributed by atoms with Crippen molar-refractivity contribution in [3.63, 3.8) is 0 Å². The fourth-order valence-electron chi connectivity index (χ4n) is 1.97. The van der Waals surface area contributed by atoms with Crippen molar-refractivity contribution in [2.75, 3.05) is 0 Å². The van der Waals surface area contributed by atoms with Gasteiger partial charge in [0, 0.05) is 6.42 Å². The molecule has 0 atom stereocenters. The van der Waals surface area contributed by atoms with Crippen molar-refractivity contribution < 1.29 is 4.74 Å². The Balaban J connectivity index is 1.68. The Morgan fingerprint density at radius 2 is 1.75 bits per heavy atom. The van der Waals surface area contributed by atoms with Gasteiger partial charge in [0.05, 0.1) is 12.7 Å². The maximum absolute atomic E-state index is 5.80. The van der Waals surface area contributed by atoms with E-state index in [1.165, 1.54) is 5.56 Å². The van der Waals surface area contributed by atoms with Gasteiger partial charge in [-0.25, -0.2) is 0 Å². The van der Waals surface area contributed by atoms with Crippen molar-refractivity contribution in [3.8, 4) is 0 Å². The number of rotatable bonds is 4. The molecule has 0 fully saturated rings. The molecule has 0 spiro atoms. The molecule has 0 aromatic heterocycles. The van der Waals surface area contributed by atoms with Gasteiger partial charge in [-0.2, -0.15) is 0 Å². The second-order valence-corrected chi connectivity index (χ2v) is 4.24. The first-order valence-electron chi connectivity index (χ1n) is 6.11. The van der Waals surface area contributed by atoms with Gasteiger partial charge in [-0.05, 0) is 31.2 Å². The molecular weight excluding hydrogens is 196 g/mol. The minimum atomic E-state index is 0.415. The molecule has 1 heteroatoms. The monoisotopic (exact) mass is 215 g/mol. The Bertz CT molecular complexity index is 305. The summed E-state index contributed by atoms with van der Waals surface area (Å²) in [4.78, 5) is 0. The summed E-state index contributed by atoms with van der Waals surface area (Å²) < 4.78 is 5.80. The van der Waals surface area contributed by atoms with E-state index < -0.39 is 0 Å². The normalized spacial score (nSPS) is 17.2. The first-order chi connectivity index (χ1) is 7.95. The predicted molar refractivity (Wildman–Crippen MR) is 66.9 cm³/mol. The van der Waals surface area contributed by atoms with Gasteiger partial charge in [0.15, 0.2) is 0 Å². The third-order valence-electron chi connectivity index (χ3n) is 2.93. The Labute approximate surface area is 98.1 Å². The topological polar surface area (TPSA) is 9.23 Å². The molecule has 0 bridgehead atoms. The molecular formula is C15H19O. The third-order valence-corrected chi connectivity index (χ3v) is 2.93. The summed E-state index contributed by atoms with van der Waals surface area (Å²) in [5, 5.41) is 0. The summed E-state index contributed by atoms with van der Waals surface area (Å²) in [7, 11) is 0. The van der Waals surface area contributed by atoms with Crippen LogP contribution in [0.4, 0.5) is 0 Å². The van der Waals surface area contributed by atoms with Gasteiger partial charge in [0.25, 0.3) is 0 Å². The van der Waals surface area contributed by atoms with Crippen LogP contribution in [0.2, 0.25) is 0 Å². The number of allylic oxidation sites excluding steroid dienone is 2. The lowest BCUT2D eigenvalue weighted by Crippen LogP contribution is -2.10. The molecule has 16 heavy (non-hydrogen) atoms. The van der Waals surface area contributed by atoms with Gasteiger partial charge in [-0.3, -0.25) is 0 Å². The highest BCUT2D eigenvalue weighted by atomic mass is 16.5. The van der Waals surface area contributed by atoms with E-state index in [4.69, 9.17) is 4.74 Å². The van der Waals surface area contributed by atoms with Crippen LogP contribution in [0.25, 0.3) is 0 Å². The molecule has 2 rings (SSSR count). The van der Waals surface area contributed by atoms with Crippen molar-refractivity contribution >= 4 is 0 Å². The molecule has 1 radical (unpaired) electrons. The van der Waals surface area contributed by atoms with E-state index >= 15 is 0 Å². The second-order valence-electron chi connectivity index (χ2n) is 4.24. The Morgan fingerprint density at radius 3 is 2.44 bits per heavy atom. The predicted octanol–water partition coefficient (Wildman–Crippen LogP) is 3.91. The van der Waals surface area contributed by atoms with E-state index in [1.54, 1.807) is 0 Å². The van der Waals surface area contributed by atoms with Gasteiger partial charge in [-0.1, -0.05) is 42.5 Å². The average Bonchev–Trinajstić information content (AvgIpc) is 2.59. The summed E-state index contributed by atoms with van der Waals surface area (Å²) in [6.45, 7) is 1.96. The maximum Gasteiger partial charge on any atom is 0.0884 e. The van der Waals surface area contributed by atoms with Crippen molar-refractivity contribution in [3.05, 3.63) is 54.7 Å². The van der Waals surface area contributed by atoms with Crippen LogP contribution in [0.15, 0.2) is 42.5 Å². The lowest BCUT2D eigenvalue weighted by Gasteiger charge is -2.14. The van der Waals surface area contributed by atoms with E-state index in [-0.39, 0.29) is 0 Å². The van der Waals surface area contributed by atoms with Crippen LogP contribution in [0, 0.1) is 6.61 Å². The summed E-state index contributed by atoms with van der Waals surface area (Å²) in [6.07, 6.45) is 10.5. The van der Waals surface area contributed by atoms with Crippen molar-refractivity contribution in [1.29, 1.82) is 0 Å². The van der Waals surface area contributed by atoms with Gasteiger partial charge < -0.3 is 4.74 Å². The average molecular weight is 215 g/mol. The second kappa shape index (κ2) is 6.49. The lowest BCUT2D eigenvalue weighted by atomic mass is 10.1. The van der Waals surface area contributed by atoms with Crippen LogP contribution < -0.4 is 0 Å². The zero-order chi connectivity index (χ0) is 11.1. The first-order valence-corrected chi connectivity index (χ1v) is 6.11. The van der Waals surface area contributed by atoms with Crippen molar-refractivity contribution in [2.24, 2.45) is 0 Å². The molecule has 1 nitrogen and oxygen atoms in total. The van der Waals surface area contributed by atoms with Gasteiger partial charge >= 0.3 is 0 Å². The van der Waals surface area contributed by atoms with Crippen LogP contribution in [0.3, 0.4) is 0 Å². The van der Waals surface area contributed by atoms with E-state index in [2.05, 4.69) is 36.4 Å². The molecule has 1 aliphatic carbocycles. The van der Waals surface area contributed by atoms with Crippen LogP contribution in [-0.4, -0.2) is 6.10 Å². The lowest BCUT2D eigenvalue weighted by molar-refractivity contribution is 0.0918. The molecule has 0 amide bonds. The molecule has 85 valence electrons. The molecule has 0 N–H and O–H groups in total. The summed E-state index contributed by atoms with van der Waals surface area (Å²) in [5.41, 5.74) is 1.31. The largest absolute Gasteiger partial charge is 0.372 e. The molecule has 0 heterocycles. The van der Waals surface area contributed by atoms with Crippen molar-refractivity contribution in [2.45, 2.75) is 38.2 Å². The number of hydrogen-bond acceptors (Lipinski definition) is 1. The van der Waals surface area contributed by atoms with E-state index in [9.17, 15) is 0 Å². The molecule has 0 saturated heterocycles. The minimum absolute atomic E-state index is 0.415. The summed E-state index contributed by atoms with van der Waals surface area (Å²) in [6, 6.07) is 10.4. The molecule has 0 saturated carbocycles. The van der Waals surface area contributed by atoms with Crippen molar-refractivity contribution in [1.82, 2.24) is 0 Å². The third kappa shape index (κ3) is 3.82. The van der Waals surface area contributed by atoms with Gasteiger partial charge in [0.1, 0.15) is 0 Å². The molecule has 1 aliphatic rings. The standard InChI is InChI=1S/C15H19O/c1-2-7-11-15(10-6-1)16-13-12-14-8-4-3-5-9-14/h1-5,8-9,13,15H,6-7,10-12H2. The Kier molecular flexibility index (Phi) is 4.63. The quantitative estimate of drug-likeness (QED) is 0.692. The number of hydrogen-bond donors (Lipinski definition) is 0. The SMILES string of the molecule is [CH](Cc1ccccc1)OC1CCC=CCC1. The van der Waals surface area contributed by atoms with Gasteiger partial charge in [0.2, 0.25) is 0 Å². The minimum Gasteiger partial charge on any atom is -0.372 e. The van der Waals surface area contributed by atoms with E-state index in [1.807, 2.05) is 12.7 Å². The van der Waals surface area contributed by atoms with Crippen LogP contribution in [0.5, 0.6) is 0 Å². The Hall–Kier alpha value is -1.08. The van der Waals surface area contributed by atoms with E-state index in [0.29, 0.717) is 6.10 Å². The smallest absolute Gasteiger partial charge is 0.0884 e. The van der Waals surface area contributed by atoms with Crippen LogP contribution in [0.1, 0.15) is 31.2 Å². The molecule has 1 aromatic rings. The fraction of sp³-hybridized carbons (Fsp3) is 0.400. The highest BCUT2D eigenvalue weighted by molar-refractivity contribution is 5.15. The van der Waals surface area contributed by atoms with Crippen LogP contribution >= 0.6 is 0 Å². The summed E-state index contributed by atoms with van der Waals surface area (Å²) >= 11 is 0. The zero-order valence-electron chi connectivity index (χ0n) is 9.64. The maximum atomic E-state index is 5.80. The highest BCUT2D eigenvalue weighted by Crippen LogP contribution is 2.16. The summed E-state index contributed by atoms with van der Waals surface area (Å²) in [5.74, 6) is 0. The number of benzene rings is 1. The molecule has 0 unspecified atom stereocenters. The van der Waals surface area contributed by atoms with E-state index in [0.717, 1.165) is 32.1 Å². The fourth-order valence-corrected chi connectivity index (χ4v) is 1.97. The highest BCUT2D eigenvalue weighted by Gasteiger charge is 2.09. The molecule has 0 aliphatic heterocycles. The van der Waals surface area contributed by atoms with Crippen LogP contribution in [-0.2, 0) is 11.2 Å². The zero-order valence-corrected chi connectivity index (χ0v) is 9.64. The van der Waals surface area contributed by atoms with Gasteiger partial charge in [-0.15, -0.1) is 0 Å².